The molecule has 126 valence electrons. The van der Waals surface area contributed by atoms with E-state index in [0.29, 0.717) is 0 Å². The summed E-state index contributed by atoms with van der Waals surface area (Å²) in [6.07, 6.45) is 8.67. The molecule has 0 radical (unpaired) electrons. The van der Waals surface area contributed by atoms with E-state index in [0.717, 1.165) is 53.0 Å². The maximum Gasteiger partial charge on any atom is 0.0869 e. The average Bonchev–Trinajstić information content (AvgIpc) is 3.06. The molecule has 4 heteroatoms. The topological polar surface area (TPSA) is 19.4 Å². The Bertz CT molecular complexity index is 724. The lowest BCUT2D eigenvalue weighted by atomic mass is 10.1. The van der Waals surface area contributed by atoms with Crippen molar-refractivity contribution in [1.82, 2.24) is 14.8 Å². The number of hydrogen-bond acceptors (Lipinski definition) is 3. The van der Waals surface area contributed by atoms with Crippen molar-refractivity contribution in [3.05, 3.63) is 70.8 Å². The maximum atomic E-state index is 6.58. The molecule has 1 aromatic rings. The number of nitrogens with zero attached hydrogens (tertiary/aromatic N) is 3. The number of halogens is 1. The fraction of sp³-hybridized carbons (Fsp3) is 0.350. The van der Waals surface area contributed by atoms with Gasteiger partial charge < -0.3 is 4.90 Å². The molecule has 0 spiro atoms. The summed E-state index contributed by atoms with van der Waals surface area (Å²) in [6, 6.07) is 6.04. The minimum Gasteiger partial charge on any atom is -0.314 e. The Morgan fingerprint density at radius 3 is 2.75 bits per heavy atom. The highest BCUT2D eigenvalue weighted by atomic mass is 35.5. The SMILES string of the molecule is C=C1C=C(CN2CCCC2)C(Cl)=CN1/C(=C\C)c1cccc(C)n1. The molecule has 2 aliphatic rings. The Morgan fingerprint density at radius 2 is 2.08 bits per heavy atom. The summed E-state index contributed by atoms with van der Waals surface area (Å²) < 4.78 is 0. The van der Waals surface area contributed by atoms with E-state index in [1.54, 1.807) is 0 Å². The first-order chi connectivity index (χ1) is 11.6. The minimum absolute atomic E-state index is 0.779. The van der Waals surface area contributed by atoms with Crippen LogP contribution in [0.4, 0.5) is 0 Å². The van der Waals surface area contributed by atoms with Gasteiger partial charge in [-0.15, -0.1) is 0 Å². The third-order valence-corrected chi connectivity index (χ3v) is 4.82. The van der Waals surface area contributed by atoms with Crippen LogP contribution < -0.4 is 0 Å². The van der Waals surface area contributed by atoms with E-state index in [2.05, 4.69) is 22.5 Å². The quantitative estimate of drug-likeness (QED) is 0.792. The van der Waals surface area contributed by atoms with Crippen LogP contribution in [-0.2, 0) is 0 Å². The molecule has 2 aliphatic heterocycles. The zero-order valence-electron chi connectivity index (χ0n) is 14.4. The molecule has 0 saturated carbocycles. The van der Waals surface area contributed by atoms with Gasteiger partial charge in [0.15, 0.2) is 0 Å². The Labute approximate surface area is 149 Å². The molecule has 24 heavy (non-hydrogen) atoms. The molecule has 0 atom stereocenters. The van der Waals surface area contributed by atoms with Crippen molar-refractivity contribution >= 4 is 17.3 Å². The first-order valence-electron chi connectivity index (χ1n) is 8.47. The fourth-order valence-electron chi connectivity index (χ4n) is 3.24. The summed E-state index contributed by atoms with van der Waals surface area (Å²) in [5.74, 6) is 0. The van der Waals surface area contributed by atoms with Gasteiger partial charge in [-0.25, -0.2) is 0 Å². The van der Waals surface area contributed by atoms with Crippen LogP contribution in [0.1, 0.15) is 31.2 Å². The number of likely N-dealkylation sites (tertiary alicyclic amines) is 1. The van der Waals surface area contributed by atoms with Crippen LogP contribution in [-0.4, -0.2) is 34.4 Å². The van der Waals surface area contributed by atoms with Crippen molar-refractivity contribution in [3.63, 3.8) is 0 Å². The minimum atomic E-state index is 0.779. The van der Waals surface area contributed by atoms with Crippen molar-refractivity contribution < 1.29 is 0 Å². The van der Waals surface area contributed by atoms with Crippen molar-refractivity contribution in [2.75, 3.05) is 19.6 Å². The van der Waals surface area contributed by atoms with Gasteiger partial charge in [-0.05, 0) is 63.6 Å². The molecule has 1 aromatic heterocycles. The van der Waals surface area contributed by atoms with E-state index in [1.807, 2.05) is 49.2 Å². The van der Waals surface area contributed by atoms with Crippen LogP contribution in [0.5, 0.6) is 0 Å². The highest BCUT2D eigenvalue weighted by molar-refractivity contribution is 6.32. The van der Waals surface area contributed by atoms with E-state index in [9.17, 15) is 0 Å². The van der Waals surface area contributed by atoms with Crippen LogP contribution in [0.3, 0.4) is 0 Å². The number of hydrogen-bond donors (Lipinski definition) is 0. The van der Waals surface area contributed by atoms with Gasteiger partial charge in [-0.3, -0.25) is 9.88 Å². The van der Waals surface area contributed by atoms with Gasteiger partial charge in [0.2, 0.25) is 0 Å². The third-order valence-electron chi connectivity index (χ3n) is 4.48. The number of aromatic nitrogens is 1. The molecule has 0 N–H and O–H groups in total. The lowest BCUT2D eigenvalue weighted by molar-refractivity contribution is 0.370. The molecule has 1 saturated heterocycles. The Kier molecular flexibility index (Phi) is 5.22. The monoisotopic (exact) mass is 341 g/mol. The largest absolute Gasteiger partial charge is 0.314 e. The van der Waals surface area contributed by atoms with Crippen LogP contribution in [0.15, 0.2) is 59.4 Å². The zero-order chi connectivity index (χ0) is 17.1. The number of pyridine rings is 1. The second-order valence-electron chi connectivity index (χ2n) is 6.33. The van der Waals surface area contributed by atoms with Gasteiger partial charge in [0.05, 0.1) is 16.4 Å². The molecule has 3 nitrogen and oxygen atoms in total. The Hall–Kier alpha value is -1.84. The van der Waals surface area contributed by atoms with Gasteiger partial charge in [0.25, 0.3) is 0 Å². The summed E-state index contributed by atoms with van der Waals surface area (Å²) in [7, 11) is 0. The van der Waals surface area contributed by atoms with Crippen molar-refractivity contribution in [2.45, 2.75) is 26.7 Å². The van der Waals surface area contributed by atoms with Crippen molar-refractivity contribution in [1.29, 1.82) is 0 Å². The lowest BCUT2D eigenvalue weighted by Gasteiger charge is -2.29. The second-order valence-corrected chi connectivity index (χ2v) is 6.74. The highest BCUT2D eigenvalue weighted by Crippen LogP contribution is 2.32. The van der Waals surface area contributed by atoms with E-state index in [-0.39, 0.29) is 0 Å². The van der Waals surface area contributed by atoms with Gasteiger partial charge in [-0.2, -0.15) is 0 Å². The molecule has 0 bridgehead atoms. The van der Waals surface area contributed by atoms with Crippen LogP contribution in [0, 0.1) is 6.92 Å². The predicted molar refractivity (Wildman–Crippen MR) is 101 cm³/mol. The summed E-state index contributed by atoms with van der Waals surface area (Å²) in [4.78, 5) is 9.10. The molecule has 0 unspecified atom stereocenters. The molecular formula is C20H24ClN3. The van der Waals surface area contributed by atoms with Crippen molar-refractivity contribution in [3.8, 4) is 0 Å². The lowest BCUT2D eigenvalue weighted by Crippen LogP contribution is -2.25. The summed E-state index contributed by atoms with van der Waals surface area (Å²) >= 11 is 6.58. The second kappa shape index (κ2) is 7.37. The molecule has 0 amide bonds. The predicted octanol–water partition coefficient (Wildman–Crippen LogP) is 4.68. The Morgan fingerprint density at radius 1 is 1.33 bits per heavy atom. The number of allylic oxidation sites excluding steroid dienone is 2. The van der Waals surface area contributed by atoms with E-state index >= 15 is 0 Å². The van der Waals surface area contributed by atoms with E-state index in [4.69, 9.17) is 11.6 Å². The third kappa shape index (κ3) is 3.63. The number of rotatable bonds is 4. The molecule has 0 aromatic carbocycles. The van der Waals surface area contributed by atoms with Crippen LogP contribution in [0.2, 0.25) is 0 Å². The maximum absolute atomic E-state index is 6.58. The summed E-state index contributed by atoms with van der Waals surface area (Å²) in [6.45, 7) is 11.5. The van der Waals surface area contributed by atoms with Crippen molar-refractivity contribution in [2.24, 2.45) is 0 Å². The van der Waals surface area contributed by atoms with Gasteiger partial charge in [0.1, 0.15) is 0 Å². The normalized spacial score (nSPS) is 19.5. The van der Waals surface area contributed by atoms with E-state index in [1.165, 1.54) is 12.8 Å². The molecule has 3 rings (SSSR count). The Balaban J connectivity index is 1.82. The summed E-state index contributed by atoms with van der Waals surface area (Å²) in [5, 5.41) is 0.779. The zero-order valence-corrected chi connectivity index (χ0v) is 15.2. The molecule has 1 fully saturated rings. The summed E-state index contributed by atoms with van der Waals surface area (Å²) in [5.41, 5.74) is 4.99. The highest BCUT2D eigenvalue weighted by Gasteiger charge is 2.22. The molecule has 3 heterocycles. The standard InChI is InChI=1S/C20H24ClN3/c1-4-20(19-9-7-8-15(2)22-19)24-14-18(21)17(12-16(24)3)13-23-10-5-6-11-23/h4,7-9,12,14H,3,5-6,10-11,13H2,1-2H3/b20-4-. The van der Waals surface area contributed by atoms with E-state index < -0.39 is 0 Å². The van der Waals surface area contributed by atoms with Gasteiger partial charge in [0, 0.05) is 24.1 Å². The first kappa shape index (κ1) is 17.0. The smallest absolute Gasteiger partial charge is 0.0869 e. The average molecular weight is 342 g/mol. The molecular weight excluding hydrogens is 318 g/mol. The number of aryl methyl sites for hydroxylation is 1. The van der Waals surface area contributed by atoms with Gasteiger partial charge in [-0.1, -0.05) is 30.3 Å². The fourth-order valence-corrected chi connectivity index (χ4v) is 3.45. The first-order valence-corrected chi connectivity index (χ1v) is 8.85. The molecule has 0 aliphatic carbocycles. The van der Waals surface area contributed by atoms with Gasteiger partial charge >= 0.3 is 0 Å². The van der Waals surface area contributed by atoms with Crippen LogP contribution >= 0.6 is 11.6 Å². The van der Waals surface area contributed by atoms with Crippen LogP contribution in [0.25, 0.3) is 5.70 Å².